The van der Waals surface area contributed by atoms with E-state index in [1.807, 2.05) is 26.0 Å². The third-order valence-electron chi connectivity index (χ3n) is 2.19. The Morgan fingerprint density at radius 2 is 1.78 bits per heavy atom. The van der Waals surface area contributed by atoms with E-state index >= 15 is 0 Å². The number of hydrogen-bond acceptors (Lipinski definition) is 0. The molecule has 0 heterocycles. The quantitative estimate of drug-likeness (QED) is 0.518. The van der Waals surface area contributed by atoms with Crippen molar-refractivity contribution in [3.8, 4) is 0 Å². The normalized spacial score (nSPS) is 10.3. The van der Waals surface area contributed by atoms with Crippen molar-refractivity contribution in [2.24, 2.45) is 0 Å². The van der Waals surface area contributed by atoms with Gasteiger partial charge in [0, 0.05) is 32.7 Å². The van der Waals surface area contributed by atoms with Crippen LogP contribution in [0.3, 0.4) is 0 Å². The maximum atomic E-state index is 3.56. The zero-order chi connectivity index (χ0) is 13.1. The number of hydrogen-bond donors (Lipinski definition) is 0. The minimum absolute atomic E-state index is 0. The van der Waals surface area contributed by atoms with Crippen LogP contribution < -0.4 is 0 Å². The molecule has 18 heavy (non-hydrogen) atoms. The van der Waals surface area contributed by atoms with Gasteiger partial charge in [0.25, 0.3) is 0 Å². The van der Waals surface area contributed by atoms with Crippen LogP contribution in [-0.2, 0) is 32.7 Å². The van der Waals surface area contributed by atoms with Gasteiger partial charge in [-0.05, 0) is 18.9 Å². The van der Waals surface area contributed by atoms with Crippen molar-refractivity contribution in [1.29, 1.82) is 0 Å². The summed E-state index contributed by atoms with van der Waals surface area (Å²) < 4.78 is 0. The zero-order valence-electron chi connectivity index (χ0n) is 12.0. The summed E-state index contributed by atoms with van der Waals surface area (Å²) in [6.07, 6.45) is 9.90. The second kappa shape index (κ2) is 13.0. The number of rotatable bonds is 4. The third kappa shape index (κ3) is 7.79. The Kier molecular flexibility index (Phi) is 14.3. The number of aryl methyl sites for hydroxylation is 1. The zero-order valence-corrected chi connectivity index (χ0v) is 14.9. The van der Waals surface area contributed by atoms with Crippen LogP contribution in [-0.4, -0.2) is 0 Å². The molecule has 95 valence electrons. The second-order valence-corrected chi connectivity index (χ2v) is 3.47. The van der Waals surface area contributed by atoms with Gasteiger partial charge in [0.1, 0.15) is 0 Å². The van der Waals surface area contributed by atoms with Gasteiger partial charge in [-0.25, -0.2) is 12.2 Å². The predicted octanol–water partition coefficient (Wildman–Crippen LogP) is 5.36. The molecular formula is C17H23Y-. The van der Waals surface area contributed by atoms with Crippen LogP contribution in [0.15, 0.2) is 49.1 Å². The topological polar surface area (TPSA) is 0 Å². The molecule has 0 saturated heterocycles. The standard InChI is InChI=1S/C15H17.C2H6.Y/c1-4-6-8-14(7-5-2)15-11-9-13(3)10-12-15;1-2;/h6-12H,1,5H2,2-3H3;1-2H3;/q-1;;/b8-6-,14-7+;;. The summed E-state index contributed by atoms with van der Waals surface area (Å²) in [7, 11) is 0. The monoisotopic (exact) mass is 316 g/mol. The van der Waals surface area contributed by atoms with Gasteiger partial charge in [0.05, 0.1) is 0 Å². The van der Waals surface area contributed by atoms with E-state index in [0.717, 1.165) is 6.42 Å². The Morgan fingerprint density at radius 3 is 2.22 bits per heavy atom. The summed E-state index contributed by atoms with van der Waals surface area (Å²) in [5.74, 6) is 0. The van der Waals surface area contributed by atoms with E-state index in [0.29, 0.717) is 0 Å². The molecule has 0 nitrogen and oxygen atoms in total. The van der Waals surface area contributed by atoms with Gasteiger partial charge < -0.3 is 0 Å². The number of benzene rings is 1. The minimum atomic E-state index is 0. The Bertz CT molecular complexity index is 369. The van der Waals surface area contributed by atoms with Crippen molar-refractivity contribution in [3.05, 3.63) is 66.3 Å². The van der Waals surface area contributed by atoms with Crippen LogP contribution >= 0.6 is 0 Å². The average molecular weight is 316 g/mol. The van der Waals surface area contributed by atoms with Crippen molar-refractivity contribution in [3.63, 3.8) is 0 Å². The van der Waals surface area contributed by atoms with E-state index < -0.39 is 0 Å². The van der Waals surface area contributed by atoms with Crippen LogP contribution in [0.2, 0.25) is 0 Å². The summed E-state index contributed by atoms with van der Waals surface area (Å²) >= 11 is 0. The molecule has 0 aliphatic rings. The Morgan fingerprint density at radius 1 is 1.22 bits per heavy atom. The molecule has 1 aromatic carbocycles. The number of allylic oxidation sites excluding steroid dienone is 5. The molecule has 0 N–H and O–H groups in total. The van der Waals surface area contributed by atoms with Gasteiger partial charge in [-0.3, -0.25) is 6.08 Å². The first-order valence-corrected chi connectivity index (χ1v) is 6.24. The Hall–Kier alpha value is -0.456. The van der Waals surface area contributed by atoms with Gasteiger partial charge in [0.2, 0.25) is 0 Å². The molecule has 1 rings (SSSR count). The van der Waals surface area contributed by atoms with Gasteiger partial charge >= 0.3 is 0 Å². The molecule has 0 saturated carbocycles. The van der Waals surface area contributed by atoms with E-state index in [4.69, 9.17) is 0 Å². The van der Waals surface area contributed by atoms with Crippen molar-refractivity contribution in [2.45, 2.75) is 34.1 Å². The fourth-order valence-electron chi connectivity index (χ4n) is 1.40. The maximum absolute atomic E-state index is 3.56. The molecule has 1 aromatic rings. The second-order valence-electron chi connectivity index (χ2n) is 3.47. The first-order chi connectivity index (χ1) is 8.27. The predicted molar refractivity (Wildman–Crippen MR) is 78.8 cm³/mol. The van der Waals surface area contributed by atoms with Crippen LogP contribution in [0.4, 0.5) is 0 Å². The summed E-state index contributed by atoms with van der Waals surface area (Å²) in [4.78, 5) is 0. The molecule has 0 amide bonds. The molecule has 1 radical (unpaired) electrons. The van der Waals surface area contributed by atoms with Gasteiger partial charge in [-0.1, -0.05) is 56.7 Å². The largest absolute Gasteiger partial charge is 0.258 e. The van der Waals surface area contributed by atoms with E-state index in [-0.39, 0.29) is 32.7 Å². The van der Waals surface area contributed by atoms with Crippen LogP contribution in [0.25, 0.3) is 5.57 Å². The average Bonchev–Trinajstić information content (AvgIpc) is 2.38. The molecule has 0 unspecified atom stereocenters. The third-order valence-corrected chi connectivity index (χ3v) is 2.19. The summed E-state index contributed by atoms with van der Waals surface area (Å²) in [5, 5.41) is 0. The van der Waals surface area contributed by atoms with Crippen LogP contribution in [0.5, 0.6) is 0 Å². The van der Waals surface area contributed by atoms with Crippen molar-refractivity contribution in [2.75, 3.05) is 0 Å². The summed E-state index contributed by atoms with van der Waals surface area (Å²) in [6.45, 7) is 11.8. The molecule has 0 aliphatic carbocycles. The first kappa shape index (κ1) is 19.9. The van der Waals surface area contributed by atoms with E-state index in [1.165, 1.54) is 16.7 Å². The molecule has 1 heteroatoms. The molecule has 0 aromatic heterocycles. The van der Waals surface area contributed by atoms with E-state index in [2.05, 4.69) is 56.8 Å². The maximum Gasteiger partial charge on any atom is 0 e. The molecular weight excluding hydrogens is 293 g/mol. The SMILES string of the molecule is C=[C-]/C=C\C(=C/CC)c1ccc(C)cc1.CC.[Y]. The van der Waals surface area contributed by atoms with Crippen molar-refractivity contribution >= 4 is 5.57 Å². The molecule has 0 fully saturated rings. The van der Waals surface area contributed by atoms with Gasteiger partial charge in [-0.2, -0.15) is 6.58 Å². The van der Waals surface area contributed by atoms with E-state index in [9.17, 15) is 0 Å². The van der Waals surface area contributed by atoms with Crippen LogP contribution in [0, 0.1) is 13.0 Å². The Balaban J connectivity index is 0. The molecule has 0 aliphatic heterocycles. The molecule has 0 atom stereocenters. The van der Waals surface area contributed by atoms with E-state index in [1.54, 1.807) is 0 Å². The summed E-state index contributed by atoms with van der Waals surface area (Å²) in [5.41, 5.74) is 3.76. The van der Waals surface area contributed by atoms with Gasteiger partial charge in [-0.15, -0.1) is 5.57 Å². The fourth-order valence-corrected chi connectivity index (χ4v) is 1.40. The van der Waals surface area contributed by atoms with Gasteiger partial charge in [0.15, 0.2) is 0 Å². The summed E-state index contributed by atoms with van der Waals surface area (Å²) in [6, 6.07) is 8.54. The van der Waals surface area contributed by atoms with Crippen LogP contribution in [0.1, 0.15) is 38.3 Å². The first-order valence-electron chi connectivity index (χ1n) is 6.24. The Labute approximate surface area is 138 Å². The molecule has 0 bridgehead atoms. The van der Waals surface area contributed by atoms with Crippen molar-refractivity contribution in [1.82, 2.24) is 0 Å². The smallest absolute Gasteiger partial charge is 0 e. The molecule has 0 spiro atoms. The minimum Gasteiger partial charge on any atom is -0.258 e. The fraction of sp³-hybridized carbons (Fsp3) is 0.294. The van der Waals surface area contributed by atoms with Crippen molar-refractivity contribution < 1.29 is 32.7 Å².